The molecule has 4 rings (SSSR count). The standard InChI is InChI=1S/C23H22N4O3S/c1-4-27(31(3,29)30)19-7-5-6-18(14-19)20-12-13-24-23-21(25-15-26(20)23)22(28)17-10-8-16(2)9-11-17/h5-15H,4H2,1-3H3. The summed E-state index contributed by atoms with van der Waals surface area (Å²) < 4.78 is 27.3. The Morgan fingerprint density at radius 3 is 2.48 bits per heavy atom. The molecule has 7 nitrogen and oxygen atoms in total. The first-order chi connectivity index (χ1) is 14.8. The number of carbonyl (C=O) groups is 1. The quantitative estimate of drug-likeness (QED) is 0.432. The van der Waals surface area contributed by atoms with Gasteiger partial charge >= 0.3 is 0 Å². The number of fused-ring (bicyclic) bond motifs is 1. The van der Waals surface area contributed by atoms with Gasteiger partial charge in [0.1, 0.15) is 6.33 Å². The topological polar surface area (TPSA) is 84.6 Å². The molecule has 0 unspecified atom stereocenters. The molecule has 0 atom stereocenters. The van der Waals surface area contributed by atoms with Crippen molar-refractivity contribution in [3.63, 3.8) is 0 Å². The molecule has 0 amide bonds. The molecule has 0 bridgehead atoms. The number of sulfonamides is 1. The van der Waals surface area contributed by atoms with Crippen molar-refractivity contribution in [3.05, 3.63) is 83.9 Å². The van der Waals surface area contributed by atoms with Crippen LogP contribution < -0.4 is 4.31 Å². The van der Waals surface area contributed by atoms with E-state index >= 15 is 0 Å². The van der Waals surface area contributed by atoms with Crippen LogP contribution in [0.15, 0.2) is 67.1 Å². The molecule has 0 saturated carbocycles. The first-order valence-corrected chi connectivity index (χ1v) is 11.7. The Morgan fingerprint density at radius 1 is 1.06 bits per heavy atom. The number of benzene rings is 2. The van der Waals surface area contributed by atoms with E-state index in [1.807, 2.05) is 31.2 Å². The molecule has 158 valence electrons. The average molecular weight is 435 g/mol. The fourth-order valence-corrected chi connectivity index (χ4v) is 4.53. The third-order valence-corrected chi connectivity index (χ3v) is 6.35. The highest BCUT2D eigenvalue weighted by Gasteiger charge is 2.19. The van der Waals surface area contributed by atoms with Gasteiger partial charge in [-0.25, -0.2) is 18.4 Å². The van der Waals surface area contributed by atoms with Crippen molar-refractivity contribution in [2.24, 2.45) is 0 Å². The van der Waals surface area contributed by atoms with Gasteiger partial charge < -0.3 is 0 Å². The van der Waals surface area contributed by atoms with Gasteiger partial charge in [-0.05, 0) is 32.0 Å². The van der Waals surface area contributed by atoms with Crippen molar-refractivity contribution >= 4 is 27.1 Å². The third-order valence-electron chi connectivity index (χ3n) is 5.08. The Balaban J connectivity index is 1.80. The lowest BCUT2D eigenvalue weighted by atomic mass is 10.1. The molecular formula is C23H22N4O3S. The van der Waals surface area contributed by atoms with Gasteiger partial charge in [0.2, 0.25) is 15.8 Å². The Kier molecular flexibility index (Phi) is 5.32. The van der Waals surface area contributed by atoms with Crippen LogP contribution in [0.3, 0.4) is 0 Å². The van der Waals surface area contributed by atoms with Gasteiger partial charge in [0.15, 0.2) is 11.3 Å². The molecule has 2 aromatic heterocycles. The van der Waals surface area contributed by atoms with Gasteiger partial charge in [-0.2, -0.15) is 0 Å². The molecule has 8 heteroatoms. The van der Waals surface area contributed by atoms with E-state index in [2.05, 4.69) is 9.97 Å². The summed E-state index contributed by atoms with van der Waals surface area (Å²) in [6.07, 6.45) is 4.38. The second-order valence-corrected chi connectivity index (χ2v) is 9.20. The fraction of sp³-hybridized carbons (Fsp3) is 0.174. The van der Waals surface area contributed by atoms with Gasteiger partial charge in [-0.15, -0.1) is 0 Å². The summed E-state index contributed by atoms with van der Waals surface area (Å²) in [4.78, 5) is 21.7. The van der Waals surface area contributed by atoms with Crippen LogP contribution in [0.4, 0.5) is 5.69 Å². The number of imidazole rings is 1. The zero-order valence-electron chi connectivity index (χ0n) is 17.5. The van der Waals surface area contributed by atoms with Crippen LogP contribution in [-0.4, -0.2) is 41.4 Å². The molecule has 0 radical (unpaired) electrons. The van der Waals surface area contributed by atoms with E-state index in [9.17, 15) is 13.2 Å². The van der Waals surface area contributed by atoms with Gasteiger partial charge in [0, 0.05) is 23.9 Å². The lowest BCUT2D eigenvalue weighted by Crippen LogP contribution is -2.29. The van der Waals surface area contributed by atoms with Crippen LogP contribution >= 0.6 is 0 Å². The molecule has 2 aromatic carbocycles. The lowest BCUT2D eigenvalue weighted by Gasteiger charge is -2.21. The minimum Gasteiger partial charge on any atom is -0.287 e. The largest absolute Gasteiger partial charge is 0.287 e. The number of aryl methyl sites for hydroxylation is 1. The summed E-state index contributed by atoms with van der Waals surface area (Å²) in [7, 11) is -3.39. The Hall–Kier alpha value is -3.52. The van der Waals surface area contributed by atoms with Crippen LogP contribution in [0, 0.1) is 6.92 Å². The summed E-state index contributed by atoms with van der Waals surface area (Å²) >= 11 is 0. The second-order valence-electron chi connectivity index (χ2n) is 7.29. The van der Waals surface area contributed by atoms with Crippen molar-refractivity contribution in [2.45, 2.75) is 13.8 Å². The van der Waals surface area contributed by atoms with Crippen LogP contribution in [0.2, 0.25) is 0 Å². The smallest absolute Gasteiger partial charge is 0.232 e. The summed E-state index contributed by atoms with van der Waals surface area (Å²) in [6.45, 7) is 4.08. The van der Waals surface area contributed by atoms with Crippen molar-refractivity contribution in [1.29, 1.82) is 0 Å². The van der Waals surface area contributed by atoms with E-state index in [1.165, 1.54) is 10.6 Å². The Morgan fingerprint density at radius 2 is 1.81 bits per heavy atom. The molecule has 0 N–H and O–H groups in total. The zero-order chi connectivity index (χ0) is 22.2. The number of nitrogens with zero attached hydrogens (tertiary/aromatic N) is 4. The summed E-state index contributed by atoms with van der Waals surface area (Å²) in [5.74, 6) is -0.199. The number of anilines is 1. The maximum absolute atomic E-state index is 13.0. The first kappa shape index (κ1) is 20.7. The minimum atomic E-state index is -3.39. The molecule has 31 heavy (non-hydrogen) atoms. The van der Waals surface area contributed by atoms with Crippen LogP contribution in [0.1, 0.15) is 28.5 Å². The van der Waals surface area contributed by atoms with Gasteiger partial charge in [0.05, 0.1) is 17.6 Å². The van der Waals surface area contributed by atoms with E-state index < -0.39 is 10.0 Å². The highest BCUT2D eigenvalue weighted by molar-refractivity contribution is 7.92. The molecule has 0 fully saturated rings. The van der Waals surface area contributed by atoms with E-state index in [0.717, 1.165) is 16.8 Å². The van der Waals surface area contributed by atoms with Gasteiger partial charge in [0.25, 0.3) is 0 Å². The van der Waals surface area contributed by atoms with Crippen molar-refractivity contribution in [3.8, 4) is 11.3 Å². The highest BCUT2D eigenvalue weighted by atomic mass is 32.2. The molecular weight excluding hydrogens is 412 g/mol. The van der Waals surface area contributed by atoms with Crippen LogP contribution in [0.5, 0.6) is 0 Å². The number of ketones is 1. The first-order valence-electron chi connectivity index (χ1n) is 9.81. The van der Waals surface area contributed by atoms with E-state index in [4.69, 9.17) is 0 Å². The molecule has 2 heterocycles. The predicted molar refractivity (Wildman–Crippen MR) is 121 cm³/mol. The number of hydrogen-bond donors (Lipinski definition) is 0. The molecule has 0 aliphatic carbocycles. The zero-order valence-corrected chi connectivity index (χ0v) is 18.3. The highest BCUT2D eigenvalue weighted by Crippen LogP contribution is 2.27. The number of carbonyl (C=O) groups excluding carboxylic acids is 1. The maximum atomic E-state index is 13.0. The van der Waals surface area contributed by atoms with E-state index in [-0.39, 0.29) is 11.5 Å². The fourth-order valence-electron chi connectivity index (χ4n) is 3.57. The Labute approximate surface area is 181 Å². The SMILES string of the molecule is CCN(c1cccc(-c2ccnc3c(C(=O)c4ccc(C)cc4)ncn23)c1)S(C)(=O)=O. The summed E-state index contributed by atoms with van der Waals surface area (Å²) in [6, 6.07) is 16.4. The third kappa shape index (κ3) is 3.94. The normalized spacial score (nSPS) is 11.6. The second kappa shape index (κ2) is 7.96. The molecule has 0 aliphatic heterocycles. The van der Waals surface area contributed by atoms with Crippen LogP contribution in [0.25, 0.3) is 16.9 Å². The molecule has 4 aromatic rings. The van der Waals surface area contributed by atoms with Gasteiger partial charge in [-0.1, -0.05) is 42.0 Å². The molecule has 0 aliphatic rings. The average Bonchev–Trinajstić information content (AvgIpc) is 3.18. The summed E-state index contributed by atoms with van der Waals surface area (Å²) in [5.41, 5.74) is 4.46. The minimum absolute atomic E-state index is 0.199. The number of hydrogen-bond acceptors (Lipinski definition) is 5. The Bertz CT molecular complexity index is 1380. The van der Waals surface area contributed by atoms with Gasteiger partial charge in [-0.3, -0.25) is 13.5 Å². The molecule has 0 spiro atoms. The van der Waals surface area contributed by atoms with E-state index in [1.54, 1.807) is 54.2 Å². The predicted octanol–water partition coefficient (Wildman–Crippen LogP) is 3.72. The monoisotopic (exact) mass is 434 g/mol. The number of aromatic nitrogens is 3. The summed E-state index contributed by atoms with van der Waals surface area (Å²) in [5, 5.41) is 0. The van der Waals surface area contributed by atoms with Crippen molar-refractivity contribution < 1.29 is 13.2 Å². The lowest BCUT2D eigenvalue weighted by molar-refractivity contribution is 0.103. The molecule has 0 saturated heterocycles. The van der Waals surface area contributed by atoms with Crippen molar-refractivity contribution in [2.75, 3.05) is 17.1 Å². The van der Waals surface area contributed by atoms with Crippen LogP contribution in [-0.2, 0) is 10.0 Å². The number of rotatable bonds is 6. The van der Waals surface area contributed by atoms with E-state index in [0.29, 0.717) is 23.4 Å². The van der Waals surface area contributed by atoms with Crippen molar-refractivity contribution in [1.82, 2.24) is 14.4 Å². The maximum Gasteiger partial charge on any atom is 0.232 e.